The third-order valence-corrected chi connectivity index (χ3v) is 8.05. The van der Waals surface area contributed by atoms with Crippen molar-refractivity contribution in [3.05, 3.63) is 78.9 Å². The number of fused-ring (bicyclic) bond motifs is 2. The average molecular weight is 505 g/mol. The molecule has 38 heavy (non-hydrogen) atoms. The molecular weight excluding hydrogens is 472 g/mol. The molecule has 2 aliphatic rings. The van der Waals surface area contributed by atoms with E-state index in [4.69, 9.17) is 14.7 Å². The van der Waals surface area contributed by atoms with Crippen LogP contribution >= 0.6 is 0 Å². The zero-order valence-corrected chi connectivity index (χ0v) is 21.6. The molecule has 0 atom stereocenters. The van der Waals surface area contributed by atoms with Crippen LogP contribution in [0.15, 0.2) is 73.1 Å². The number of nitrogens with one attached hydrogen (secondary N) is 2. The summed E-state index contributed by atoms with van der Waals surface area (Å²) in [7, 11) is 1.92. The summed E-state index contributed by atoms with van der Waals surface area (Å²) in [5.41, 5.74) is 6.08. The zero-order valence-electron chi connectivity index (χ0n) is 21.6. The fraction of sp³-hybridized carbons (Fsp3) is 0.323. The maximum Gasteiger partial charge on any atom is 0.152 e. The third-order valence-electron chi connectivity index (χ3n) is 8.05. The number of anilines is 1. The van der Waals surface area contributed by atoms with Crippen LogP contribution in [0.5, 0.6) is 0 Å². The number of hydrogen-bond donors (Lipinski definition) is 2. The molecule has 7 nitrogen and oxygen atoms in total. The second kappa shape index (κ2) is 9.82. The van der Waals surface area contributed by atoms with E-state index < -0.39 is 0 Å². The predicted octanol–water partition coefficient (Wildman–Crippen LogP) is 5.67. The maximum absolute atomic E-state index is 5.52. The molecule has 0 radical (unpaired) electrons. The van der Waals surface area contributed by atoms with Crippen molar-refractivity contribution in [1.29, 1.82) is 0 Å². The van der Waals surface area contributed by atoms with Gasteiger partial charge in [0.2, 0.25) is 0 Å². The SMILES string of the molecule is CNc1nccn2c(C3CC(NC4CCOCC4)C3)nc(-c3ccc4ccc(-c5ccccc5)nc4c3)c12. The first-order chi connectivity index (χ1) is 18.8. The molecule has 4 heterocycles. The number of imidazole rings is 1. The molecule has 1 saturated carbocycles. The quantitative estimate of drug-likeness (QED) is 0.310. The molecule has 0 spiro atoms. The lowest BCUT2D eigenvalue weighted by molar-refractivity contribution is 0.0695. The van der Waals surface area contributed by atoms with Crippen molar-refractivity contribution in [2.24, 2.45) is 0 Å². The van der Waals surface area contributed by atoms with E-state index in [9.17, 15) is 0 Å². The number of rotatable bonds is 6. The van der Waals surface area contributed by atoms with Gasteiger partial charge in [-0.05, 0) is 37.8 Å². The summed E-state index contributed by atoms with van der Waals surface area (Å²) in [4.78, 5) is 14.9. The predicted molar refractivity (Wildman–Crippen MR) is 151 cm³/mol. The Kier molecular flexibility index (Phi) is 6.02. The highest BCUT2D eigenvalue weighted by Crippen LogP contribution is 2.40. The van der Waals surface area contributed by atoms with Crippen LogP contribution in [0, 0.1) is 0 Å². The minimum absolute atomic E-state index is 0.420. The molecule has 3 aromatic heterocycles. The van der Waals surface area contributed by atoms with E-state index in [2.05, 4.69) is 62.5 Å². The molecule has 1 aliphatic heterocycles. The molecule has 2 aromatic carbocycles. The van der Waals surface area contributed by atoms with Crippen molar-refractivity contribution in [1.82, 2.24) is 24.7 Å². The Morgan fingerprint density at radius 3 is 2.53 bits per heavy atom. The number of aromatic nitrogens is 4. The van der Waals surface area contributed by atoms with Crippen LogP contribution < -0.4 is 10.6 Å². The van der Waals surface area contributed by atoms with Crippen molar-refractivity contribution < 1.29 is 4.74 Å². The van der Waals surface area contributed by atoms with Crippen LogP contribution in [0.3, 0.4) is 0 Å². The van der Waals surface area contributed by atoms with Crippen LogP contribution in [0.4, 0.5) is 5.82 Å². The first-order valence-electron chi connectivity index (χ1n) is 13.6. The molecule has 7 rings (SSSR count). The molecule has 2 fully saturated rings. The summed E-state index contributed by atoms with van der Waals surface area (Å²) >= 11 is 0. The number of ether oxygens (including phenoxy) is 1. The van der Waals surface area contributed by atoms with Crippen molar-refractivity contribution in [2.45, 2.75) is 43.7 Å². The number of hydrogen-bond acceptors (Lipinski definition) is 6. The lowest BCUT2D eigenvalue weighted by Crippen LogP contribution is -2.47. The Labute approximate surface area is 222 Å². The van der Waals surface area contributed by atoms with Crippen LogP contribution in [-0.2, 0) is 4.74 Å². The van der Waals surface area contributed by atoms with Gasteiger partial charge in [0, 0.05) is 67.2 Å². The Bertz CT molecular complexity index is 1580. The largest absolute Gasteiger partial charge is 0.381 e. The molecule has 5 aromatic rings. The van der Waals surface area contributed by atoms with Gasteiger partial charge in [0.15, 0.2) is 5.82 Å². The Balaban J connectivity index is 1.24. The highest BCUT2D eigenvalue weighted by atomic mass is 16.5. The molecule has 0 bridgehead atoms. The van der Waals surface area contributed by atoms with Crippen molar-refractivity contribution >= 4 is 22.2 Å². The lowest BCUT2D eigenvalue weighted by Gasteiger charge is -2.38. The average Bonchev–Trinajstić information content (AvgIpc) is 3.34. The summed E-state index contributed by atoms with van der Waals surface area (Å²) in [6.07, 6.45) is 8.33. The summed E-state index contributed by atoms with van der Waals surface area (Å²) in [5.74, 6) is 2.37. The number of benzene rings is 2. The van der Waals surface area contributed by atoms with E-state index in [0.29, 0.717) is 18.0 Å². The summed E-state index contributed by atoms with van der Waals surface area (Å²) < 4.78 is 7.76. The third kappa shape index (κ3) is 4.22. The Hall–Kier alpha value is -3.81. The van der Waals surface area contributed by atoms with Gasteiger partial charge in [-0.15, -0.1) is 0 Å². The number of pyridine rings is 1. The van der Waals surface area contributed by atoms with Gasteiger partial charge in [0.1, 0.15) is 17.0 Å². The topological polar surface area (TPSA) is 76.4 Å². The van der Waals surface area contributed by atoms with E-state index >= 15 is 0 Å². The lowest BCUT2D eigenvalue weighted by atomic mass is 9.79. The molecular formula is C31H32N6O. The van der Waals surface area contributed by atoms with Gasteiger partial charge < -0.3 is 15.4 Å². The van der Waals surface area contributed by atoms with Gasteiger partial charge in [-0.1, -0.05) is 48.5 Å². The standard InChI is InChI=1S/C31H32N6O/c1-32-30-29-28(22-8-7-21-9-10-26(35-27(21)19-22)20-5-3-2-4-6-20)36-31(37(29)14-13-33-30)23-17-25(18-23)34-24-11-15-38-16-12-24/h2-10,13-14,19,23-25,34H,11-12,15-18H2,1H3,(H,32,33). The summed E-state index contributed by atoms with van der Waals surface area (Å²) in [6, 6.07) is 22.1. The van der Waals surface area contributed by atoms with Gasteiger partial charge in [-0.2, -0.15) is 0 Å². The normalized spacial score (nSPS) is 20.0. The molecule has 0 amide bonds. The van der Waals surface area contributed by atoms with Crippen LogP contribution in [0.25, 0.3) is 38.9 Å². The van der Waals surface area contributed by atoms with E-state index in [-0.39, 0.29) is 0 Å². The minimum Gasteiger partial charge on any atom is -0.381 e. The van der Waals surface area contributed by atoms with Crippen LogP contribution in [0.1, 0.15) is 37.4 Å². The molecule has 1 aliphatic carbocycles. The second-order valence-electron chi connectivity index (χ2n) is 10.5. The smallest absolute Gasteiger partial charge is 0.152 e. The maximum atomic E-state index is 5.52. The van der Waals surface area contributed by atoms with Gasteiger partial charge in [0.25, 0.3) is 0 Å². The van der Waals surface area contributed by atoms with E-state index in [1.807, 2.05) is 37.6 Å². The summed E-state index contributed by atoms with van der Waals surface area (Å²) in [6.45, 7) is 1.74. The van der Waals surface area contributed by atoms with Crippen molar-refractivity contribution in [3.8, 4) is 22.5 Å². The monoisotopic (exact) mass is 504 g/mol. The van der Waals surface area contributed by atoms with Gasteiger partial charge >= 0.3 is 0 Å². The highest BCUT2D eigenvalue weighted by Gasteiger charge is 2.35. The van der Waals surface area contributed by atoms with E-state index in [1.165, 1.54) is 0 Å². The molecule has 0 unspecified atom stereocenters. The molecule has 1 saturated heterocycles. The number of nitrogens with zero attached hydrogens (tertiary/aromatic N) is 4. The van der Waals surface area contributed by atoms with Gasteiger partial charge in [-0.3, -0.25) is 4.40 Å². The minimum atomic E-state index is 0.420. The Morgan fingerprint density at radius 2 is 1.71 bits per heavy atom. The molecule has 192 valence electrons. The summed E-state index contributed by atoms with van der Waals surface area (Å²) in [5, 5.41) is 8.26. The second-order valence-corrected chi connectivity index (χ2v) is 10.5. The first kappa shape index (κ1) is 23.3. The van der Waals surface area contributed by atoms with Gasteiger partial charge in [-0.25, -0.2) is 15.0 Å². The van der Waals surface area contributed by atoms with E-state index in [1.54, 1.807) is 0 Å². The zero-order chi connectivity index (χ0) is 25.5. The highest BCUT2D eigenvalue weighted by molar-refractivity contribution is 5.91. The fourth-order valence-corrected chi connectivity index (χ4v) is 5.93. The van der Waals surface area contributed by atoms with Crippen LogP contribution in [0.2, 0.25) is 0 Å². The van der Waals surface area contributed by atoms with Crippen molar-refractivity contribution in [2.75, 3.05) is 25.6 Å². The van der Waals surface area contributed by atoms with Crippen molar-refractivity contribution in [3.63, 3.8) is 0 Å². The first-order valence-corrected chi connectivity index (χ1v) is 13.6. The van der Waals surface area contributed by atoms with Crippen LogP contribution in [-0.4, -0.2) is 51.7 Å². The van der Waals surface area contributed by atoms with Gasteiger partial charge in [0.05, 0.1) is 11.2 Å². The Morgan fingerprint density at radius 1 is 0.895 bits per heavy atom. The molecule has 7 heteroatoms. The molecule has 2 N–H and O–H groups in total. The fourth-order valence-electron chi connectivity index (χ4n) is 5.93. The van der Waals surface area contributed by atoms with E-state index in [0.717, 1.165) is 89.5 Å².